The van der Waals surface area contributed by atoms with E-state index in [1.807, 2.05) is 0 Å². The van der Waals surface area contributed by atoms with Crippen molar-refractivity contribution in [2.45, 2.75) is 0 Å². The fourth-order valence-corrected chi connectivity index (χ4v) is 10.3. The van der Waals surface area contributed by atoms with Crippen LogP contribution in [-0.2, 0) is 0 Å². The van der Waals surface area contributed by atoms with Crippen LogP contribution in [0.2, 0.25) is 0 Å². The van der Waals surface area contributed by atoms with E-state index < -0.39 is 0 Å². The highest BCUT2D eigenvalue weighted by atomic mass is 15.1. The molecule has 0 saturated carbocycles. The number of anilines is 3. The highest BCUT2D eigenvalue weighted by Crippen LogP contribution is 2.42. The largest absolute Gasteiger partial charge is 0.310 e. The Morgan fingerprint density at radius 3 is 1.30 bits per heavy atom. The van der Waals surface area contributed by atoms with Crippen molar-refractivity contribution in [3.05, 3.63) is 243 Å². The highest BCUT2D eigenvalue weighted by molar-refractivity contribution is 6.13. The van der Waals surface area contributed by atoms with Gasteiger partial charge in [0, 0.05) is 66.3 Å². The van der Waals surface area contributed by atoms with Crippen molar-refractivity contribution >= 4 is 82.5 Å². The maximum Gasteiger partial charge on any atom is 0.0542 e. The molecule has 4 nitrogen and oxygen atoms in total. The number of fused-ring (bicyclic) bond motifs is 9. The van der Waals surface area contributed by atoms with Gasteiger partial charge >= 0.3 is 0 Å². The zero-order valence-electron chi connectivity index (χ0n) is 34.9. The summed E-state index contributed by atoms with van der Waals surface area (Å²) in [6.07, 6.45) is 0. The zero-order valence-corrected chi connectivity index (χ0v) is 34.9. The van der Waals surface area contributed by atoms with Gasteiger partial charge in [0.15, 0.2) is 0 Å². The van der Waals surface area contributed by atoms with Crippen molar-refractivity contribution in [3.8, 4) is 28.2 Å². The molecular formula is C60H40N4. The molecule has 0 bridgehead atoms. The Kier molecular flexibility index (Phi) is 8.18. The third-order valence-corrected chi connectivity index (χ3v) is 13.0. The summed E-state index contributed by atoms with van der Waals surface area (Å²) in [6.45, 7) is 0. The number of hydrogen-bond donors (Lipinski definition) is 0. The summed E-state index contributed by atoms with van der Waals surface area (Å²) >= 11 is 0. The summed E-state index contributed by atoms with van der Waals surface area (Å²) in [5.74, 6) is 0. The van der Waals surface area contributed by atoms with Gasteiger partial charge in [-0.1, -0.05) is 140 Å². The fraction of sp³-hybridized carbons (Fsp3) is 0. The van der Waals surface area contributed by atoms with Gasteiger partial charge in [-0.25, -0.2) is 0 Å². The summed E-state index contributed by atoms with van der Waals surface area (Å²) in [7, 11) is 0. The van der Waals surface area contributed by atoms with E-state index in [4.69, 9.17) is 0 Å². The van der Waals surface area contributed by atoms with E-state index in [9.17, 15) is 0 Å². The van der Waals surface area contributed by atoms with E-state index in [0.717, 1.165) is 45.2 Å². The Labute approximate surface area is 370 Å². The molecule has 0 saturated heterocycles. The van der Waals surface area contributed by atoms with Gasteiger partial charge in [0.1, 0.15) is 0 Å². The van der Waals surface area contributed by atoms with Gasteiger partial charge in [0.2, 0.25) is 0 Å². The number of para-hydroxylation sites is 7. The lowest BCUT2D eigenvalue weighted by Gasteiger charge is -2.25. The molecule has 0 atom stereocenters. The molecule has 10 aromatic carbocycles. The second-order valence-corrected chi connectivity index (χ2v) is 16.6. The van der Waals surface area contributed by atoms with Crippen molar-refractivity contribution in [2.24, 2.45) is 0 Å². The van der Waals surface area contributed by atoms with Crippen molar-refractivity contribution in [1.29, 1.82) is 0 Å². The standard InChI is InChI=1S/C60H40N4/c1-3-19-42(20-4-1)61(43-21-5-2-6-22-43)45-34-37-60-53(39-45)51-28-11-16-33-58(51)64(60)54-29-12-7-24-47(54)41-18-17-23-44(38-41)62-57-32-15-10-27-50(57)52-40-46(35-36-59(52)62)63-55-30-13-8-25-48(55)49-26-9-14-31-56(49)63/h1-40H. The highest BCUT2D eigenvalue weighted by Gasteiger charge is 2.20. The molecule has 0 aliphatic rings. The maximum absolute atomic E-state index is 2.45. The predicted molar refractivity (Wildman–Crippen MR) is 270 cm³/mol. The number of hydrogen-bond acceptors (Lipinski definition) is 1. The summed E-state index contributed by atoms with van der Waals surface area (Å²) < 4.78 is 7.29. The lowest BCUT2D eigenvalue weighted by Crippen LogP contribution is -2.09. The van der Waals surface area contributed by atoms with Crippen LogP contribution in [0.5, 0.6) is 0 Å². The van der Waals surface area contributed by atoms with Crippen molar-refractivity contribution in [3.63, 3.8) is 0 Å². The first kappa shape index (κ1) is 36.1. The van der Waals surface area contributed by atoms with Gasteiger partial charge in [-0.05, 0) is 109 Å². The maximum atomic E-state index is 2.45. The van der Waals surface area contributed by atoms with Gasteiger partial charge in [0.05, 0.1) is 38.8 Å². The van der Waals surface area contributed by atoms with Crippen LogP contribution < -0.4 is 4.90 Å². The van der Waals surface area contributed by atoms with Gasteiger partial charge in [-0.3, -0.25) is 0 Å². The molecular weight excluding hydrogens is 777 g/mol. The summed E-state index contributed by atoms with van der Waals surface area (Å²) in [5, 5.41) is 7.41. The van der Waals surface area contributed by atoms with Crippen LogP contribution in [0.15, 0.2) is 243 Å². The Bertz CT molecular complexity index is 3820. The molecule has 300 valence electrons. The first-order valence-corrected chi connectivity index (χ1v) is 21.9. The third kappa shape index (κ3) is 5.56. The summed E-state index contributed by atoms with van der Waals surface area (Å²) in [4.78, 5) is 2.34. The fourth-order valence-electron chi connectivity index (χ4n) is 10.3. The Morgan fingerprint density at radius 2 is 0.688 bits per heavy atom. The number of aromatic nitrogens is 3. The molecule has 0 spiro atoms. The summed E-state index contributed by atoms with van der Waals surface area (Å²) in [5.41, 5.74) is 16.2. The van der Waals surface area contributed by atoms with E-state index >= 15 is 0 Å². The molecule has 0 aliphatic heterocycles. The predicted octanol–water partition coefficient (Wildman–Crippen LogP) is 16.1. The number of benzene rings is 10. The molecule has 64 heavy (non-hydrogen) atoms. The topological polar surface area (TPSA) is 18.0 Å². The molecule has 4 heteroatoms. The molecule has 0 fully saturated rings. The van der Waals surface area contributed by atoms with Gasteiger partial charge in [-0.15, -0.1) is 0 Å². The van der Waals surface area contributed by atoms with E-state index in [1.165, 1.54) is 65.5 Å². The van der Waals surface area contributed by atoms with Crippen LogP contribution >= 0.6 is 0 Å². The Balaban J connectivity index is 0.962. The number of rotatable bonds is 7. The quantitative estimate of drug-likeness (QED) is 0.157. The zero-order chi connectivity index (χ0) is 42.1. The minimum atomic E-state index is 1.11. The van der Waals surface area contributed by atoms with Gasteiger partial charge in [0.25, 0.3) is 0 Å². The van der Waals surface area contributed by atoms with Crippen LogP contribution in [0, 0.1) is 0 Å². The molecule has 13 aromatic rings. The number of nitrogens with zero attached hydrogens (tertiary/aromatic N) is 4. The second-order valence-electron chi connectivity index (χ2n) is 16.6. The molecule has 3 heterocycles. The van der Waals surface area contributed by atoms with Crippen molar-refractivity contribution < 1.29 is 0 Å². The van der Waals surface area contributed by atoms with Crippen LogP contribution in [0.25, 0.3) is 93.6 Å². The lowest BCUT2D eigenvalue weighted by molar-refractivity contribution is 1.16. The molecule has 0 amide bonds. The first-order chi connectivity index (χ1) is 31.8. The molecule has 13 rings (SSSR count). The van der Waals surface area contributed by atoms with E-state index in [2.05, 4.69) is 261 Å². The summed E-state index contributed by atoms with van der Waals surface area (Å²) in [6, 6.07) is 88.1. The molecule has 3 aromatic heterocycles. The van der Waals surface area contributed by atoms with E-state index in [1.54, 1.807) is 0 Å². The lowest BCUT2D eigenvalue weighted by atomic mass is 10.0. The van der Waals surface area contributed by atoms with Crippen LogP contribution in [0.3, 0.4) is 0 Å². The van der Waals surface area contributed by atoms with Crippen LogP contribution in [0.4, 0.5) is 17.1 Å². The van der Waals surface area contributed by atoms with Gasteiger partial charge in [-0.2, -0.15) is 0 Å². The molecule has 0 radical (unpaired) electrons. The molecule has 0 unspecified atom stereocenters. The smallest absolute Gasteiger partial charge is 0.0542 e. The first-order valence-electron chi connectivity index (χ1n) is 21.9. The minimum Gasteiger partial charge on any atom is -0.310 e. The Hall–Kier alpha value is -8.60. The molecule has 0 aliphatic carbocycles. The average molecular weight is 817 g/mol. The monoisotopic (exact) mass is 816 g/mol. The average Bonchev–Trinajstić information content (AvgIpc) is 4.00. The van der Waals surface area contributed by atoms with Crippen LogP contribution in [-0.4, -0.2) is 13.7 Å². The van der Waals surface area contributed by atoms with Crippen molar-refractivity contribution in [1.82, 2.24) is 13.7 Å². The minimum absolute atomic E-state index is 1.11. The van der Waals surface area contributed by atoms with Crippen molar-refractivity contribution in [2.75, 3.05) is 4.90 Å². The van der Waals surface area contributed by atoms with Gasteiger partial charge < -0.3 is 18.6 Å². The second kappa shape index (κ2) is 14.5. The molecule has 0 N–H and O–H groups in total. The Morgan fingerprint density at radius 1 is 0.250 bits per heavy atom. The van der Waals surface area contributed by atoms with Crippen LogP contribution in [0.1, 0.15) is 0 Å². The van der Waals surface area contributed by atoms with E-state index in [-0.39, 0.29) is 0 Å². The SMILES string of the molecule is c1ccc(N(c2ccccc2)c2ccc3c(c2)c2ccccc2n3-c2ccccc2-c2cccc(-n3c4ccccc4c4cc(-n5c6ccccc6c6ccccc65)ccc43)c2)cc1. The van der Waals surface area contributed by atoms with E-state index in [0.29, 0.717) is 0 Å². The third-order valence-electron chi connectivity index (χ3n) is 13.0. The normalized spacial score (nSPS) is 11.8.